The SMILES string of the molecule is CC(C)(C)OC(=O)CSC[C@@H](NC(=O)OCC1c2ccccc2-c2ccccc21)C(=O)O. The normalized spacial score (nSPS) is 13.6. The number of alkyl carbamates (subject to hydrolysis) is 1. The van der Waals surface area contributed by atoms with Crippen LogP contribution in [0.25, 0.3) is 11.1 Å². The molecule has 32 heavy (non-hydrogen) atoms. The lowest BCUT2D eigenvalue weighted by atomic mass is 9.98. The molecule has 2 N–H and O–H groups in total. The fourth-order valence-corrected chi connectivity index (χ4v) is 4.39. The van der Waals surface area contributed by atoms with Crippen LogP contribution in [0.5, 0.6) is 0 Å². The third-order valence-corrected chi connectivity index (χ3v) is 5.87. The highest BCUT2D eigenvalue weighted by Gasteiger charge is 2.30. The topological polar surface area (TPSA) is 102 Å². The molecule has 1 atom stereocenters. The Kier molecular flexibility index (Phi) is 7.45. The number of esters is 1. The van der Waals surface area contributed by atoms with E-state index in [-0.39, 0.29) is 24.0 Å². The predicted octanol–water partition coefficient (Wildman–Crippen LogP) is 4.05. The van der Waals surface area contributed by atoms with Crippen molar-refractivity contribution in [1.82, 2.24) is 5.32 Å². The maximum atomic E-state index is 12.3. The molecule has 0 heterocycles. The van der Waals surface area contributed by atoms with Gasteiger partial charge in [-0.15, -0.1) is 11.8 Å². The van der Waals surface area contributed by atoms with Crippen molar-refractivity contribution < 1.29 is 29.0 Å². The largest absolute Gasteiger partial charge is 0.480 e. The summed E-state index contributed by atoms with van der Waals surface area (Å²) in [6.45, 7) is 5.37. The summed E-state index contributed by atoms with van der Waals surface area (Å²) in [4.78, 5) is 35.6. The van der Waals surface area contributed by atoms with Crippen LogP contribution in [0.15, 0.2) is 48.5 Å². The molecule has 170 valence electrons. The molecule has 0 radical (unpaired) electrons. The maximum absolute atomic E-state index is 12.3. The lowest BCUT2D eigenvalue weighted by Gasteiger charge is -2.20. The summed E-state index contributed by atoms with van der Waals surface area (Å²) in [7, 11) is 0. The summed E-state index contributed by atoms with van der Waals surface area (Å²) in [5.41, 5.74) is 3.76. The number of rotatable bonds is 8. The average molecular weight is 458 g/mol. The summed E-state index contributed by atoms with van der Waals surface area (Å²) in [5.74, 6) is -1.74. The second-order valence-electron chi connectivity index (χ2n) is 8.46. The van der Waals surface area contributed by atoms with Crippen molar-refractivity contribution in [1.29, 1.82) is 0 Å². The molecule has 2 aromatic carbocycles. The van der Waals surface area contributed by atoms with E-state index in [9.17, 15) is 19.5 Å². The molecule has 0 bridgehead atoms. The van der Waals surface area contributed by atoms with Crippen molar-refractivity contribution in [2.45, 2.75) is 38.3 Å². The molecule has 0 unspecified atom stereocenters. The quantitative estimate of drug-likeness (QED) is 0.577. The molecular weight excluding hydrogens is 430 g/mol. The van der Waals surface area contributed by atoms with Gasteiger partial charge >= 0.3 is 18.0 Å². The molecule has 0 saturated heterocycles. The van der Waals surface area contributed by atoms with E-state index in [0.29, 0.717) is 0 Å². The summed E-state index contributed by atoms with van der Waals surface area (Å²) in [6, 6.07) is 14.7. The Morgan fingerprint density at radius 2 is 1.59 bits per heavy atom. The first-order valence-electron chi connectivity index (χ1n) is 10.3. The number of hydrogen-bond donors (Lipinski definition) is 2. The van der Waals surface area contributed by atoms with E-state index in [1.807, 2.05) is 48.5 Å². The number of carboxylic acid groups (broad SMARTS) is 1. The molecule has 0 fully saturated rings. The van der Waals surface area contributed by atoms with E-state index in [1.165, 1.54) is 0 Å². The van der Waals surface area contributed by atoms with Crippen molar-refractivity contribution >= 4 is 29.8 Å². The average Bonchev–Trinajstić information content (AvgIpc) is 3.04. The van der Waals surface area contributed by atoms with Crippen LogP contribution in [0, 0.1) is 0 Å². The second kappa shape index (κ2) is 10.1. The number of thioether (sulfide) groups is 1. The van der Waals surface area contributed by atoms with E-state index in [1.54, 1.807) is 20.8 Å². The van der Waals surface area contributed by atoms with E-state index in [0.717, 1.165) is 34.0 Å². The van der Waals surface area contributed by atoms with Crippen LogP contribution in [-0.2, 0) is 19.1 Å². The van der Waals surface area contributed by atoms with Gasteiger partial charge in [0.25, 0.3) is 0 Å². The zero-order chi connectivity index (χ0) is 23.3. The van der Waals surface area contributed by atoms with Crippen LogP contribution in [-0.4, -0.2) is 52.9 Å². The molecule has 1 amide bonds. The Labute approximate surface area is 191 Å². The van der Waals surface area contributed by atoms with Crippen LogP contribution in [0.2, 0.25) is 0 Å². The zero-order valence-electron chi connectivity index (χ0n) is 18.3. The van der Waals surface area contributed by atoms with Gasteiger partial charge in [-0.1, -0.05) is 48.5 Å². The first kappa shape index (κ1) is 23.7. The third-order valence-electron chi connectivity index (χ3n) is 4.86. The van der Waals surface area contributed by atoms with Crippen LogP contribution < -0.4 is 5.32 Å². The molecule has 8 heteroatoms. The fraction of sp³-hybridized carbons (Fsp3) is 0.375. The van der Waals surface area contributed by atoms with Crippen molar-refractivity contribution in [3.63, 3.8) is 0 Å². The summed E-state index contributed by atoms with van der Waals surface area (Å²) < 4.78 is 10.6. The van der Waals surface area contributed by atoms with Gasteiger partial charge in [0.2, 0.25) is 0 Å². The van der Waals surface area contributed by atoms with E-state index in [4.69, 9.17) is 9.47 Å². The van der Waals surface area contributed by atoms with Crippen molar-refractivity contribution in [2.24, 2.45) is 0 Å². The van der Waals surface area contributed by atoms with Crippen molar-refractivity contribution in [2.75, 3.05) is 18.1 Å². The number of nitrogens with one attached hydrogen (secondary N) is 1. The van der Waals surface area contributed by atoms with Crippen LogP contribution in [0.1, 0.15) is 37.8 Å². The Bertz CT molecular complexity index is 954. The van der Waals surface area contributed by atoms with E-state index in [2.05, 4.69) is 5.32 Å². The number of carbonyl (C=O) groups is 3. The third kappa shape index (κ3) is 6.03. The van der Waals surface area contributed by atoms with Crippen LogP contribution in [0.4, 0.5) is 4.79 Å². The molecule has 3 rings (SSSR count). The molecular formula is C24H27NO6S. The standard InChI is InChI=1S/C24H27NO6S/c1-24(2,3)31-21(26)14-32-13-20(22(27)28)25-23(29)30-12-19-17-10-6-4-8-15(17)16-9-5-7-11-18(16)19/h4-11,19-20H,12-14H2,1-3H3,(H,25,29)(H,27,28)/t20-/m1/s1. The van der Waals surface area contributed by atoms with Gasteiger partial charge in [-0.2, -0.15) is 0 Å². The zero-order valence-corrected chi connectivity index (χ0v) is 19.1. The number of aliphatic carboxylic acids is 1. The van der Waals surface area contributed by atoms with Gasteiger partial charge in [-0.25, -0.2) is 9.59 Å². The first-order chi connectivity index (χ1) is 15.2. The van der Waals surface area contributed by atoms with Gasteiger partial charge in [0.1, 0.15) is 18.2 Å². The number of benzene rings is 2. The Hall–Kier alpha value is -3.00. The van der Waals surface area contributed by atoms with Gasteiger partial charge in [0, 0.05) is 11.7 Å². The first-order valence-corrected chi connectivity index (χ1v) is 11.4. The number of ether oxygens (including phenoxy) is 2. The molecule has 7 nitrogen and oxygen atoms in total. The van der Waals surface area contributed by atoms with Gasteiger partial charge in [0.15, 0.2) is 0 Å². The minimum absolute atomic E-state index is 0.00653. The molecule has 0 aliphatic heterocycles. The number of fused-ring (bicyclic) bond motifs is 3. The smallest absolute Gasteiger partial charge is 0.407 e. The van der Waals surface area contributed by atoms with E-state index >= 15 is 0 Å². The second-order valence-corrected chi connectivity index (χ2v) is 9.49. The molecule has 0 aromatic heterocycles. The molecule has 2 aromatic rings. The Morgan fingerprint density at radius 3 is 2.12 bits per heavy atom. The lowest BCUT2D eigenvalue weighted by molar-refractivity contribution is -0.151. The lowest BCUT2D eigenvalue weighted by Crippen LogP contribution is -2.43. The number of hydrogen-bond acceptors (Lipinski definition) is 6. The Morgan fingerprint density at radius 1 is 1.03 bits per heavy atom. The number of amides is 1. The van der Waals surface area contributed by atoms with Gasteiger partial charge in [-0.05, 0) is 43.0 Å². The highest BCUT2D eigenvalue weighted by atomic mass is 32.2. The van der Waals surface area contributed by atoms with Crippen molar-refractivity contribution in [3.05, 3.63) is 59.7 Å². The van der Waals surface area contributed by atoms with Crippen LogP contribution in [0.3, 0.4) is 0 Å². The highest BCUT2D eigenvalue weighted by molar-refractivity contribution is 8.00. The van der Waals surface area contributed by atoms with Gasteiger partial charge < -0.3 is 19.9 Å². The summed E-state index contributed by atoms with van der Waals surface area (Å²) in [6.07, 6.45) is -0.808. The fourth-order valence-electron chi connectivity index (χ4n) is 3.59. The monoisotopic (exact) mass is 457 g/mol. The van der Waals surface area contributed by atoms with Crippen molar-refractivity contribution in [3.8, 4) is 11.1 Å². The predicted molar refractivity (Wildman–Crippen MR) is 123 cm³/mol. The number of carbonyl (C=O) groups excluding carboxylic acids is 2. The summed E-state index contributed by atoms with van der Waals surface area (Å²) >= 11 is 1.08. The Balaban J connectivity index is 1.54. The molecule has 0 saturated carbocycles. The number of carboxylic acids is 1. The molecule has 1 aliphatic carbocycles. The minimum Gasteiger partial charge on any atom is -0.480 e. The minimum atomic E-state index is -1.20. The van der Waals surface area contributed by atoms with Gasteiger partial charge in [0.05, 0.1) is 5.75 Å². The maximum Gasteiger partial charge on any atom is 0.407 e. The highest BCUT2D eigenvalue weighted by Crippen LogP contribution is 2.44. The van der Waals surface area contributed by atoms with Gasteiger partial charge in [-0.3, -0.25) is 4.79 Å². The molecule has 0 spiro atoms. The molecule has 1 aliphatic rings. The van der Waals surface area contributed by atoms with Crippen LogP contribution >= 0.6 is 11.8 Å². The summed E-state index contributed by atoms with van der Waals surface area (Å²) in [5, 5.41) is 11.8. The van der Waals surface area contributed by atoms with E-state index < -0.39 is 29.7 Å².